The fourth-order valence-electron chi connectivity index (χ4n) is 1.71. The standard InChI is InChI=1S/C13H12Cl4O/c14-11(15)7-5-9-3-1-2-4-10(13(9)18)6-8-12(16)17/h5-8H,1-4H2/b9-5-,10-6+. The van der Waals surface area contributed by atoms with Gasteiger partial charge in [-0.15, -0.1) is 0 Å². The van der Waals surface area contributed by atoms with Crippen LogP contribution in [0.5, 0.6) is 0 Å². The number of Topliss-reactive ketones (excluding diaryl/α,β-unsaturated/α-hetero) is 1. The molecule has 0 aromatic rings. The Bertz CT molecular complexity index is 396. The Morgan fingerprint density at radius 1 is 0.833 bits per heavy atom. The quantitative estimate of drug-likeness (QED) is 0.475. The van der Waals surface area contributed by atoms with Crippen molar-refractivity contribution in [1.82, 2.24) is 0 Å². The molecule has 1 aliphatic carbocycles. The summed E-state index contributed by atoms with van der Waals surface area (Å²) in [5.41, 5.74) is 1.41. The number of allylic oxidation sites excluding steroid dienone is 6. The highest BCUT2D eigenvalue weighted by atomic mass is 35.5. The molecule has 5 heteroatoms. The molecule has 1 nitrogen and oxygen atoms in total. The normalized spacial score (nSPS) is 20.8. The Kier molecular flexibility index (Phi) is 7.10. The number of hydrogen-bond donors (Lipinski definition) is 0. The summed E-state index contributed by atoms with van der Waals surface area (Å²) in [5.74, 6) is 0.00386. The van der Waals surface area contributed by atoms with Crippen LogP contribution in [-0.4, -0.2) is 5.78 Å². The lowest BCUT2D eigenvalue weighted by Gasteiger charge is -2.02. The first-order chi connectivity index (χ1) is 8.50. The Hall–Kier alpha value is -0.210. The molecule has 1 fully saturated rings. The monoisotopic (exact) mass is 324 g/mol. The van der Waals surface area contributed by atoms with Gasteiger partial charge < -0.3 is 0 Å². The van der Waals surface area contributed by atoms with Crippen LogP contribution in [0.2, 0.25) is 0 Å². The van der Waals surface area contributed by atoms with Gasteiger partial charge in [0.1, 0.15) is 8.98 Å². The van der Waals surface area contributed by atoms with E-state index in [1.165, 1.54) is 12.2 Å². The summed E-state index contributed by atoms with van der Waals surface area (Å²) in [5, 5.41) is 0. The van der Waals surface area contributed by atoms with E-state index in [0.717, 1.165) is 25.7 Å². The van der Waals surface area contributed by atoms with Crippen molar-refractivity contribution < 1.29 is 4.79 Å². The summed E-state index contributed by atoms with van der Waals surface area (Å²) in [4.78, 5) is 12.2. The van der Waals surface area contributed by atoms with E-state index in [1.807, 2.05) is 0 Å². The molecule has 1 saturated carbocycles. The molecule has 0 radical (unpaired) electrons. The average molecular weight is 326 g/mol. The van der Waals surface area contributed by atoms with E-state index < -0.39 is 0 Å². The number of rotatable bonds is 2. The summed E-state index contributed by atoms with van der Waals surface area (Å²) in [7, 11) is 0. The molecular formula is C13H12Cl4O. The average Bonchev–Trinajstić information content (AvgIpc) is 2.46. The van der Waals surface area contributed by atoms with Crippen LogP contribution < -0.4 is 0 Å². The molecule has 1 aliphatic rings. The van der Waals surface area contributed by atoms with Gasteiger partial charge in [0.15, 0.2) is 5.78 Å². The maximum absolute atomic E-state index is 12.2. The van der Waals surface area contributed by atoms with Crippen molar-refractivity contribution in [3.05, 3.63) is 44.4 Å². The van der Waals surface area contributed by atoms with Crippen molar-refractivity contribution in [3.8, 4) is 0 Å². The molecule has 0 aromatic carbocycles. The molecule has 0 unspecified atom stereocenters. The van der Waals surface area contributed by atoms with E-state index in [-0.39, 0.29) is 14.8 Å². The van der Waals surface area contributed by atoms with Crippen molar-refractivity contribution in [1.29, 1.82) is 0 Å². The minimum absolute atomic E-state index is 0.00386. The lowest BCUT2D eigenvalue weighted by Crippen LogP contribution is -2.03. The Labute approximate surface area is 127 Å². The molecule has 18 heavy (non-hydrogen) atoms. The molecule has 0 aromatic heterocycles. The second-order valence-corrected chi connectivity index (χ2v) is 5.85. The van der Waals surface area contributed by atoms with Gasteiger partial charge in [-0.1, -0.05) is 58.6 Å². The number of carbonyl (C=O) groups excluding carboxylic acids is 1. The van der Waals surface area contributed by atoms with Gasteiger partial charge in [-0.05, 0) is 49.0 Å². The fraction of sp³-hybridized carbons (Fsp3) is 0.308. The molecule has 0 bridgehead atoms. The van der Waals surface area contributed by atoms with Crippen LogP contribution in [0.3, 0.4) is 0 Å². The SMILES string of the molecule is O=C1/C(=C\C=C(Cl)Cl)CCCC/C1=C\C=C(Cl)Cl. The third-order valence-corrected chi connectivity index (χ3v) is 3.05. The molecule has 98 valence electrons. The number of ketones is 1. The number of carbonyl (C=O) groups is 1. The molecule has 0 aliphatic heterocycles. The first kappa shape index (κ1) is 15.8. The molecule has 1 rings (SSSR count). The Morgan fingerprint density at radius 2 is 1.22 bits per heavy atom. The first-order valence-electron chi connectivity index (χ1n) is 5.49. The molecule has 0 atom stereocenters. The van der Waals surface area contributed by atoms with Crippen LogP contribution in [0.1, 0.15) is 25.7 Å². The van der Waals surface area contributed by atoms with Crippen LogP contribution in [0, 0.1) is 0 Å². The number of hydrogen-bond acceptors (Lipinski definition) is 1. The zero-order valence-corrected chi connectivity index (χ0v) is 12.6. The third-order valence-electron chi connectivity index (χ3n) is 2.55. The van der Waals surface area contributed by atoms with Gasteiger partial charge >= 0.3 is 0 Å². The van der Waals surface area contributed by atoms with E-state index in [1.54, 1.807) is 12.2 Å². The minimum Gasteiger partial charge on any atom is -0.289 e. The third kappa shape index (κ3) is 5.62. The largest absolute Gasteiger partial charge is 0.289 e. The summed E-state index contributed by atoms with van der Waals surface area (Å²) in [6.07, 6.45) is 9.75. The zero-order chi connectivity index (χ0) is 13.5. The summed E-state index contributed by atoms with van der Waals surface area (Å²) in [6.45, 7) is 0. The summed E-state index contributed by atoms with van der Waals surface area (Å²) in [6, 6.07) is 0. The highest BCUT2D eigenvalue weighted by Gasteiger charge is 2.17. The van der Waals surface area contributed by atoms with Crippen LogP contribution in [-0.2, 0) is 4.79 Å². The first-order valence-corrected chi connectivity index (χ1v) is 7.00. The van der Waals surface area contributed by atoms with Crippen molar-refractivity contribution in [3.63, 3.8) is 0 Å². The molecular weight excluding hydrogens is 314 g/mol. The van der Waals surface area contributed by atoms with E-state index >= 15 is 0 Å². The van der Waals surface area contributed by atoms with E-state index in [0.29, 0.717) is 11.1 Å². The highest BCUT2D eigenvalue weighted by molar-refractivity contribution is 6.56. The van der Waals surface area contributed by atoms with Crippen LogP contribution in [0.15, 0.2) is 44.4 Å². The molecule has 0 saturated heterocycles. The van der Waals surface area contributed by atoms with Crippen molar-refractivity contribution in [2.45, 2.75) is 25.7 Å². The van der Waals surface area contributed by atoms with Crippen molar-refractivity contribution in [2.24, 2.45) is 0 Å². The highest BCUT2D eigenvalue weighted by Crippen LogP contribution is 2.25. The summed E-state index contributed by atoms with van der Waals surface area (Å²) >= 11 is 22.1. The van der Waals surface area contributed by atoms with Crippen molar-refractivity contribution >= 4 is 52.2 Å². The lowest BCUT2D eigenvalue weighted by atomic mass is 10.0. The minimum atomic E-state index is 0.00386. The fourth-order valence-corrected chi connectivity index (χ4v) is 1.96. The Balaban J connectivity index is 2.99. The molecule has 0 heterocycles. The maximum Gasteiger partial charge on any atom is 0.184 e. The van der Waals surface area contributed by atoms with Gasteiger partial charge in [-0.25, -0.2) is 0 Å². The second kappa shape index (κ2) is 8.06. The van der Waals surface area contributed by atoms with Gasteiger partial charge in [0, 0.05) is 0 Å². The molecule has 0 N–H and O–H groups in total. The van der Waals surface area contributed by atoms with Gasteiger partial charge in [0.2, 0.25) is 0 Å². The van der Waals surface area contributed by atoms with Crippen molar-refractivity contribution in [2.75, 3.05) is 0 Å². The summed E-state index contributed by atoms with van der Waals surface area (Å²) < 4.78 is 0.266. The predicted molar refractivity (Wildman–Crippen MR) is 79.2 cm³/mol. The van der Waals surface area contributed by atoms with E-state index in [9.17, 15) is 4.79 Å². The number of halogens is 4. The van der Waals surface area contributed by atoms with E-state index in [4.69, 9.17) is 46.4 Å². The smallest absolute Gasteiger partial charge is 0.184 e. The van der Waals surface area contributed by atoms with Crippen LogP contribution in [0.25, 0.3) is 0 Å². The van der Waals surface area contributed by atoms with Crippen LogP contribution >= 0.6 is 46.4 Å². The second-order valence-electron chi connectivity index (χ2n) is 3.83. The predicted octanol–water partition coefficient (Wildman–Crippen LogP) is 5.62. The van der Waals surface area contributed by atoms with Gasteiger partial charge in [-0.2, -0.15) is 0 Å². The van der Waals surface area contributed by atoms with E-state index in [2.05, 4.69) is 0 Å². The van der Waals surface area contributed by atoms with Crippen LogP contribution in [0.4, 0.5) is 0 Å². The maximum atomic E-state index is 12.2. The zero-order valence-electron chi connectivity index (χ0n) is 9.56. The van der Waals surface area contributed by atoms with Gasteiger partial charge in [-0.3, -0.25) is 4.79 Å². The van der Waals surface area contributed by atoms with Gasteiger partial charge in [0.25, 0.3) is 0 Å². The molecule has 0 spiro atoms. The van der Waals surface area contributed by atoms with Gasteiger partial charge in [0.05, 0.1) is 0 Å². The lowest BCUT2D eigenvalue weighted by molar-refractivity contribution is -0.112. The molecule has 0 amide bonds. The Morgan fingerprint density at radius 3 is 1.56 bits per heavy atom. The topological polar surface area (TPSA) is 17.1 Å².